The minimum atomic E-state index is -0.529. The molecule has 110 valence electrons. The Hall–Kier alpha value is -1.74. The lowest BCUT2D eigenvalue weighted by atomic mass is 10.3. The highest BCUT2D eigenvalue weighted by molar-refractivity contribution is 9.10. The van der Waals surface area contributed by atoms with Crippen molar-refractivity contribution in [3.05, 3.63) is 26.9 Å². The van der Waals surface area contributed by atoms with E-state index in [0.717, 1.165) is 0 Å². The molecule has 0 aliphatic rings. The van der Waals surface area contributed by atoms with Crippen LogP contribution in [0.1, 0.15) is 6.42 Å². The Kier molecular flexibility index (Phi) is 6.88. The van der Waals surface area contributed by atoms with Crippen LogP contribution in [0.4, 0.5) is 11.5 Å². The summed E-state index contributed by atoms with van der Waals surface area (Å²) in [6.07, 6.45) is 1.65. The largest absolute Gasteiger partial charge is 0.383 e. The minimum Gasteiger partial charge on any atom is -0.383 e. The summed E-state index contributed by atoms with van der Waals surface area (Å²) >= 11 is 3.12. The van der Waals surface area contributed by atoms with E-state index in [-0.39, 0.29) is 30.4 Å². The van der Waals surface area contributed by atoms with Crippen molar-refractivity contribution in [2.75, 3.05) is 32.1 Å². The molecule has 0 atom stereocenters. The highest BCUT2D eigenvalue weighted by Gasteiger charge is 2.15. The van der Waals surface area contributed by atoms with Crippen LogP contribution < -0.4 is 10.6 Å². The number of rotatable bonds is 8. The molecule has 1 rings (SSSR count). The maximum atomic E-state index is 11.4. The van der Waals surface area contributed by atoms with E-state index in [2.05, 4.69) is 31.5 Å². The molecular weight excluding hydrogens is 332 g/mol. The van der Waals surface area contributed by atoms with Crippen molar-refractivity contribution >= 4 is 33.3 Å². The Morgan fingerprint density at radius 3 is 2.95 bits per heavy atom. The molecule has 0 unspecified atom stereocenters. The number of carbonyl (C=O) groups excluding carboxylic acids is 1. The molecule has 1 aromatic heterocycles. The maximum absolute atomic E-state index is 11.4. The first-order valence-corrected chi connectivity index (χ1v) is 6.63. The van der Waals surface area contributed by atoms with Gasteiger partial charge in [-0.25, -0.2) is 4.98 Å². The number of hydrogen-bond acceptors (Lipinski definition) is 6. The van der Waals surface area contributed by atoms with Crippen molar-refractivity contribution in [3.8, 4) is 0 Å². The van der Waals surface area contributed by atoms with Crippen LogP contribution in [0.5, 0.6) is 0 Å². The summed E-state index contributed by atoms with van der Waals surface area (Å²) in [5.74, 6) is -0.0165. The smallest absolute Gasteiger partial charge is 0.312 e. The number of nitrogens with one attached hydrogen (secondary N) is 2. The van der Waals surface area contributed by atoms with Crippen LogP contribution in [-0.2, 0) is 9.53 Å². The molecule has 0 aromatic carbocycles. The quantitative estimate of drug-likeness (QED) is 0.417. The fraction of sp³-hybridized carbons (Fsp3) is 0.455. The van der Waals surface area contributed by atoms with Crippen molar-refractivity contribution in [1.29, 1.82) is 0 Å². The second-order valence-corrected chi connectivity index (χ2v) is 4.71. The van der Waals surface area contributed by atoms with Crippen LogP contribution in [0, 0.1) is 10.1 Å². The van der Waals surface area contributed by atoms with Crippen LogP contribution in [-0.4, -0.2) is 42.6 Å². The minimum absolute atomic E-state index is 0.140. The van der Waals surface area contributed by atoms with E-state index >= 15 is 0 Å². The Morgan fingerprint density at radius 1 is 1.55 bits per heavy atom. The lowest BCUT2D eigenvalue weighted by molar-refractivity contribution is -0.384. The first-order valence-electron chi connectivity index (χ1n) is 5.84. The summed E-state index contributed by atoms with van der Waals surface area (Å²) in [7, 11) is 1.55. The van der Waals surface area contributed by atoms with Gasteiger partial charge in [-0.05, 0) is 15.9 Å². The lowest BCUT2D eigenvalue weighted by Gasteiger charge is -2.07. The fourth-order valence-electron chi connectivity index (χ4n) is 1.38. The lowest BCUT2D eigenvalue weighted by Crippen LogP contribution is -2.28. The molecule has 2 N–H and O–H groups in total. The van der Waals surface area contributed by atoms with Crippen LogP contribution in [0.25, 0.3) is 0 Å². The van der Waals surface area contributed by atoms with Gasteiger partial charge in [-0.15, -0.1) is 0 Å². The average Bonchev–Trinajstić information content (AvgIpc) is 2.40. The molecule has 0 aliphatic carbocycles. The topological polar surface area (TPSA) is 106 Å². The van der Waals surface area contributed by atoms with Gasteiger partial charge in [0.15, 0.2) is 0 Å². The number of nitro groups is 1. The van der Waals surface area contributed by atoms with Gasteiger partial charge in [-0.1, -0.05) is 0 Å². The van der Waals surface area contributed by atoms with E-state index in [4.69, 9.17) is 4.74 Å². The van der Waals surface area contributed by atoms with Crippen LogP contribution in [0.2, 0.25) is 0 Å². The molecule has 0 fully saturated rings. The van der Waals surface area contributed by atoms with Crippen LogP contribution in [0.15, 0.2) is 16.7 Å². The summed E-state index contributed by atoms with van der Waals surface area (Å²) in [4.78, 5) is 25.7. The van der Waals surface area contributed by atoms with E-state index in [1.165, 1.54) is 12.3 Å². The second-order valence-electron chi connectivity index (χ2n) is 3.80. The van der Waals surface area contributed by atoms with Gasteiger partial charge >= 0.3 is 5.69 Å². The third-order valence-corrected chi connectivity index (χ3v) is 2.74. The van der Waals surface area contributed by atoms with E-state index in [9.17, 15) is 14.9 Å². The number of pyridine rings is 1. The van der Waals surface area contributed by atoms with Crippen molar-refractivity contribution in [2.24, 2.45) is 0 Å². The van der Waals surface area contributed by atoms with Crippen molar-refractivity contribution < 1.29 is 14.5 Å². The van der Waals surface area contributed by atoms with Gasteiger partial charge in [0.05, 0.1) is 11.5 Å². The number of carbonyl (C=O) groups is 1. The van der Waals surface area contributed by atoms with Crippen LogP contribution >= 0.6 is 15.9 Å². The molecule has 0 bridgehead atoms. The predicted molar refractivity (Wildman–Crippen MR) is 76.6 cm³/mol. The molecule has 1 aromatic rings. The number of hydrogen-bond donors (Lipinski definition) is 2. The first kappa shape index (κ1) is 16.3. The molecule has 20 heavy (non-hydrogen) atoms. The summed E-state index contributed by atoms with van der Waals surface area (Å²) in [5.41, 5.74) is -0.140. The zero-order valence-electron chi connectivity index (χ0n) is 10.9. The monoisotopic (exact) mass is 346 g/mol. The van der Waals surface area contributed by atoms with Crippen molar-refractivity contribution in [1.82, 2.24) is 10.3 Å². The average molecular weight is 347 g/mol. The van der Waals surface area contributed by atoms with Gasteiger partial charge in [0.2, 0.25) is 11.7 Å². The Morgan fingerprint density at radius 2 is 2.30 bits per heavy atom. The third-order valence-electron chi connectivity index (χ3n) is 2.30. The fourth-order valence-corrected chi connectivity index (χ4v) is 1.70. The molecule has 0 radical (unpaired) electrons. The molecule has 0 saturated heterocycles. The molecule has 1 heterocycles. The molecule has 1 amide bonds. The summed E-state index contributed by atoms with van der Waals surface area (Å²) in [5, 5.41) is 16.3. The molecular formula is C11H15BrN4O4. The van der Waals surface area contributed by atoms with Gasteiger partial charge in [0, 0.05) is 43.4 Å². The standard InChI is InChI=1S/C11H15BrN4O4/c1-20-5-4-13-10(17)2-3-14-11-9(16(18)19)6-8(12)7-15-11/h6-7H,2-5H2,1H3,(H,13,17)(H,14,15). The van der Waals surface area contributed by atoms with Gasteiger partial charge in [0.1, 0.15) is 0 Å². The van der Waals surface area contributed by atoms with Gasteiger partial charge in [-0.2, -0.15) is 0 Å². The van der Waals surface area contributed by atoms with Gasteiger partial charge in [-0.3, -0.25) is 14.9 Å². The summed E-state index contributed by atoms with van der Waals surface area (Å²) in [6, 6.07) is 1.36. The first-order chi connectivity index (χ1) is 9.54. The highest BCUT2D eigenvalue weighted by Crippen LogP contribution is 2.24. The van der Waals surface area contributed by atoms with Crippen LogP contribution in [0.3, 0.4) is 0 Å². The number of anilines is 1. The zero-order valence-corrected chi connectivity index (χ0v) is 12.5. The molecule has 0 spiro atoms. The normalized spacial score (nSPS) is 10.1. The zero-order chi connectivity index (χ0) is 15.0. The summed E-state index contributed by atoms with van der Waals surface area (Å²) in [6.45, 7) is 1.14. The number of amides is 1. The number of aromatic nitrogens is 1. The predicted octanol–water partition coefficient (Wildman–Crippen LogP) is 1.32. The Balaban J connectivity index is 2.46. The van der Waals surface area contributed by atoms with Crippen molar-refractivity contribution in [2.45, 2.75) is 6.42 Å². The van der Waals surface area contributed by atoms with Gasteiger partial charge < -0.3 is 15.4 Å². The van der Waals surface area contributed by atoms with Crippen molar-refractivity contribution in [3.63, 3.8) is 0 Å². The molecule has 9 heteroatoms. The number of halogens is 1. The van der Waals surface area contributed by atoms with E-state index in [0.29, 0.717) is 17.6 Å². The Labute approximate surface area is 124 Å². The highest BCUT2D eigenvalue weighted by atomic mass is 79.9. The SMILES string of the molecule is COCCNC(=O)CCNc1ncc(Br)cc1[N+](=O)[O-]. The molecule has 0 aliphatic heterocycles. The number of nitrogens with zero attached hydrogens (tertiary/aromatic N) is 2. The number of ether oxygens (including phenoxy) is 1. The molecule has 0 saturated carbocycles. The Bertz CT molecular complexity index is 483. The van der Waals surface area contributed by atoms with Gasteiger partial charge in [0.25, 0.3) is 0 Å². The van der Waals surface area contributed by atoms with E-state index < -0.39 is 4.92 Å². The van der Waals surface area contributed by atoms with E-state index in [1.54, 1.807) is 7.11 Å². The maximum Gasteiger partial charge on any atom is 0.312 e. The molecule has 8 nitrogen and oxygen atoms in total. The summed E-state index contributed by atoms with van der Waals surface area (Å²) < 4.78 is 5.32. The van der Waals surface area contributed by atoms with E-state index in [1.807, 2.05) is 0 Å². The number of methoxy groups -OCH3 is 1. The second kappa shape index (κ2) is 8.43. The third kappa shape index (κ3) is 5.49.